The molecule has 0 saturated carbocycles. The van der Waals surface area contributed by atoms with Gasteiger partial charge in [-0.2, -0.15) is 11.3 Å². The molecule has 0 spiro atoms. The van der Waals surface area contributed by atoms with Crippen LogP contribution in [-0.4, -0.2) is 23.4 Å². The van der Waals surface area contributed by atoms with E-state index in [4.69, 9.17) is 5.73 Å². The number of thiazole rings is 1. The van der Waals surface area contributed by atoms with E-state index >= 15 is 0 Å². The number of hydrogen-bond acceptors (Lipinski definition) is 6. The summed E-state index contributed by atoms with van der Waals surface area (Å²) in [6.07, 6.45) is 0. The Kier molecular flexibility index (Phi) is 4.03. The Balaban J connectivity index is 1.97. The lowest BCUT2D eigenvalue weighted by atomic mass is 10.3. The van der Waals surface area contributed by atoms with Gasteiger partial charge in [-0.1, -0.05) is 0 Å². The van der Waals surface area contributed by atoms with Gasteiger partial charge in [0.1, 0.15) is 10.7 Å². The SMILES string of the molecule is NC(=O)CONC(=O)c1csc(-c2ccsc2)n1. The molecule has 0 aliphatic carbocycles. The first-order valence-electron chi connectivity index (χ1n) is 4.85. The molecule has 2 rings (SSSR count). The molecule has 0 unspecified atom stereocenters. The zero-order valence-electron chi connectivity index (χ0n) is 9.08. The predicted molar refractivity (Wildman–Crippen MR) is 68.0 cm³/mol. The number of carbonyl (C=O) groups excluding carboxylic acids is 2. The Hall–Kier alpha value is -1.77. The average Bonchev–Trinajstić information content (AvgIpc) is 2.99. The summed E-state index contributed by atoms with van der Waals surface area (Å²) >= 11 is 2.92. The molecule has 0 bridgehead atoms. The van der Waals surface area contributed by atoms with Gasteiger partial charge in [0, 0.05) is 16.3 Å². The van der Waals surface area contributed by atoms with Gasteiger partial charge in [-0.15, -0.1) is 11.3 Å². The fraction of sp³-hybridized carbons (Fsp3) is 0.100. The van der Waals surface area contributed by atoms with Crippen LogP contribution in [0.1, 0.15) is 10.5 Å². The smallest absolute Gasteiger partial charge is 0.294 e. The van der Waals surface area contributed by atoms with Crippen molar-refractivity contribution < 1.29 is 14.4 Å². The maximum absolute atomic E-state index is 11.6. The fourth-order valence-corrected chi connectivity index (χ4v) is 2.63. The monoisotopic (exact) mass is 283 g/mol. The molecule has 0 aliphatic heterocycles. The first-order valence-corrected chi connectivity index (χ1v) is 6.67. The quantitative estimate of drug-likeness (QED) is 0.801. The number of thiophene rings is 1. The number of rotatable bonds is 5. The number of amides is 2. The minimum absolute atomic E-state index is 0.241. The average molecular weight is 283 g/mol. The summed E-state index contributed by atoms with van der Waals surface area (Å²) in [5.74, 6) is -1.17. The first kappa shape index (κ1) is 12.7. The molecule has 0 radical (unpaired) electrons. The van der Waals surface area contributed by atoms with Crippen LogP contribution in [-0.2, 0) is 9.63 Å². The Bertz CT molecular complexity index is 550. The van der Waals surface area contributed by atoms with Crippen LogP contribution in [0.4, 0.5) is 0 Å². The number of nitrogens with two attached hydrogens (primary N) is 1. The normalized spacial score (nSPS) is 10.2. The summed E-state index contributed by atoms with van der Waals surface area (Å²) in [5, 5.41) is 6.27. The largest absolute Gasteiger partial charge is 0.368 e. The van der Waals surface area contributed by atoms with Crippen LogP contribution in [0.2, 0.25) is 0 Å². The van der Waals surface area contributed by atoms with Crippen molar-refractivity contribution >= 4 is 34.5 Å². The number of carbonyl (C=O) groups is 2. The van der Waals surface area contributed by atoms with E-state index in [1.165, 1.54) is 11.3 Å². The topological polar surface area (TPSA) is 94.3 Å². The van der Waals surface area contributed by atoms with Gasteiger partial charge in [-0.25, -0.2) is 10.5 Å². The number of hydrogen-bond donors (Lipinski definition) is 2. The zero-order chi connectivity index (χ0) is 13.0. The van der Waals surface area contributed by atoms with Crippen molar-refractivity contribution in [2.24, 2.45) is 5.73 Å². The molecule has 2 amide bonds. The minimum atomic E-state index is -0.660. The summed E-state index contributed by atoms with van der Waals surface area (Å²) in [4.78, 5) is 30.7. The van der Waals surface area contributed by atoms with Crippen LogP contribution < -0.4 is 11.2 Å². The third-order valence-electron chi connectivity index (χ3n) is 1.88. The van der Waals surface area contributed by atoms with Crippen molar-refractivity contribution in [2.75, 3.05) is 6.61 Å². The van der Waals surface area contributed by atoms with Gasteiger partial charge in [0.2, 0.25) is 5.91 Å². The Labute approximate surface area is 110 Å². The van der Waals surface area contributed by atoms with E-state index in [-0.39, 0.29) is 12.3 Å². The molecular weight excluding hydrogens is 274 g/mol. The molecule has 8 heteroatoms. The van der Waals surface area contributed by atoms with E-state index in [2.05, 4.69) is 15.3 Å². The Morgan fingerprint density at radius 2 is 2.28 bits per heavy atom. The van der Waals surface area contributed by atoms with E-state index in [0.717, 1.165) is 10.6 Å². The summed E-state index contributed by atoms with van der Waals surface area (Å²) < 4.78 is 0. The summed E-state index contributed by atoms with van der Waals surface area (Å²) in [7, 11) is 0. The minimum Gasteiger partial charge on any atom is -0.368 e. The van der Waals surface area contributed by atoms with Gasteiger partial charge >= 0.3 is 0 Å². The second-order valence-electron chi connectivity index (χ2n) is 3.24. The van der Waals surface area contributed by atoms with Crippen molar-refractivity contribution in [2.45, 2.75) is 0 Å². The maximum Gasteiger partial charge on any atom is 0.294 e. The van der Waals surface area contributed by atoms with Crippen LogP contribution in [0.3, 0.4) is 0 Å². The van der Waals surface area contributed by atoms with Crippen molar-refractivity contribution in [3.8, 4) is 10.6 Å². The van der Waals surface area contributed by atoms with E-state index in [1.807, 2.05) is 16.8 Å². The fourth-order valence-electron chi connectivity index (χ4n) is 1.12. The summed E-state index contributed by atoms with van der Waals surface area (Å²) in [6, 6.07) is 1.93. The highest BCUT2D eigenvalue weighted by molar-refractivity contribution is 7.14. The van der Waals surface area contributed by atoms with Gasteiger partial charge in [-0.3, -0.25) is 14.4 Å². The van der Waals surface area contributed by atoms with E-state index < -0.39 is 11.8 Å². The molecule has 3 N–H and O–H groups in total. The van der Waals surface area contributed by atoms with Gasteiger partial charge in [0.25, 0.3) is 5.91 Å². The molecule has 0 aliphatic rings. The van der Waals surface area contributed by atoms with Gasteiger partial charge < -0.3 is 5.73 Å². The highest BCUT2D eigenvalue weighted by atomic mass is 32.1. The van der Waals surface area contributed by atoms with Gasteiger partial charge in [-0.05, 0) is 11.4 Å². The molecule has 18 heavy (non-hydrogen) atoms. The maximum atomic E-state index is 11.6. The molecule has 2 aromatic rings. The van der Waals surface area contributed by atoms with Crippen molar-refractivity contribution in [3.63, 3.8) is 0 Å². The number of nitrogens with zero attached hydrogens (tertiary/aromatic N) is 1. The molecule has 0 aromatic carbocycles. The lowest BCUT2D eigenvalue weighted by Gasteiger charge is -2.00. The summed E-state index contributed by atoms with van der Waals surface area (Å²) in [5.41, 5.74) is 8.17. The van der Waals surface area contributed by atoms with Crippen LogP contribution in [0.5, 0.6) is 0 Å². The van der Waals surface area contributed by atoms with E-state index in [0.29, 0.717) is 0 Å². The lowest BCUT2D eigenvalue weighted by Crippen LogP contribution is -2.29. The third-order valence-corrected chi connectivity index (χ3v) is 3.46. The van der Waals surface area contributed by atoms with E-state index in [1.54, 1.807) is 16.7 Å². The van der Waals surface area contributed by atoms with Crippen LogP contribution in [0.15, 0.2) is 22.2 Å². The van der Waals surface area contributed by atoms with Crippen LogP contribution in [0, 0.1) is 0 Å². The van der Waals surface area contributed by atoms with Gasteiger partial charge in [0.15, 0.2) is 6.61 Å². The van der Waals surface area contributed by atoms with Crippen LogP contribution >= 0.6 is 22.7 Å². The molecular formula is C10H9N3O3S2. The number of nitrogens with one attached hydrogen (secondary N) is 1. The second-order valence-corrected chi connectivity index (χ2v) is 4.87. The van der Waals surface area contributed by atoms with Crippen molar-refractivity contribution in [1.82, 2.24) is 10.5 Å². The Morgan fingerprint density at radius 1 is 1.44 bits per heavy atom. The van der Waals surface area contributed by atoms with Gasteiger partial charge in [0.05, 0.1) is 0 Å². The predicted octanol–water partition coefficient (Wildman–Crippen LogP) is 1.02. The molecule has 2 aromatic heterocycles. The van der Waals surface area contributed by atoms with E-state index in [9.17, 15) is 9.59 Å². The van der Waals surface area contributed by atoms with Crippen molar-refractivity contribution in [1.29, 1.82) is 0 Å². The molecule has 0 fully saturated rings. The standard InChI is InChI=1S/C10H9N3O3S2/c11-8(14)3-16-13-9(15)7-5-18-10(12-7)6-1-2-17-4-6/h1-2,4-5H,3H2,(H2,11,14)(H,13,15). The highest BCUT2D eigenvalue weighted by Crippen LogP contribution is 2.25. The zero-order valence-corrected chi connectivity index (χ0v) is 10.7. The number of hydroxylamine groups is 1. The molecule has 6 nitrogen and oxygen atoms in total. The highest BCUT2D eigenvalue weighted by Gasteiger charge is 2.12. The van der Waals surface area contributed by atoms with Crippen molar-refractivity contribution in [3.05, 3.63) is 27.9 Å². The van der Waals surface area contributed by atoms with Crippen LogP contribution in [0.25, 0.3) is 10.6 Å². The lowest BCUT2D eigenvalue weighted by molar-refractivity contribution is -0.124. The third kappa shape index (κ3) is 3.13. The molecule has 0 atom stereocenters. The summed E-state index contributed by atoms with van der Waals surface area (Å²) in [6.45, 7) is -0.368. The first-order chi connectivity index (χ1) is 8.66. The molecule has 0 saturated heterocycles. The number of aromatic nitrogens is 1. The number of primary amides is 1. The second kappa shape index (κ2) is 5.71. The molecule has 94 valence electrons. The Morgan fingerprint density at radius 3 is 2.94 bits per heavy atom. The molecule has 2 heterocycles.